The van der Waals surface area contributed by atoms with Crippen molar-refractivity contribution >= 4 is 29.1 Å². The SMILES string of the molecule is C[C@@H](CCCC(=O)O)[P+](c1ccccc1)(c1ccccc1)c1ccccc1. The summed E-state index contributed by atoms with van der Waals surface area (Å²) in [5.74, 6) is -0.717. The summed E-state index contributed by atoms with van der Waals surface area (Å²) in [5.41, 5.74) is 0.351. The molecule has 0 radical (unpaired) electrons. The second kappa shape index (κ2) is 8.97. The number of hydrogen-bond acceptors (Lipinski definition) is 1. The van der Waals surface area contributed by atoms with Crippen molar-refractivity contribution in [2.75, 3.05) is 0 Å². The monoisotopic (exact) mass is 377 g/mol. The van der Waals surface area contributed by atoms with Crippen LogP contribution >= 0.6 is 7.26 Å². The molecule has 2 nitrogen and oxygen atoms in total. The zero-order chi connectivity index (χ0) is 19.1. The normalized spacial score (nSPS) is 12.5. The summed E-state index contributed by atoms with van der Waals surface area (Å²) in [5, 5.41) is 13.1. The minimum absolute atomic E-state index is 0.225. The van der Waals surface area contributed by atoms with Crippen LogP contribution in [0.4, 0.5) is 0 Å². The summed E-state index contributed by atoms with van der Waals surface area (Å²) in [4.78, 5) is 11.0. The first kappa shape index (κ1) is 19.3. The van der Waals surface area contributed by atoms with Crippen LogP contribution in [0, 0.1) is 0 Å². The Bertz CT molecular complexity index is 751. The first-order valence-electron chi connectivity index (χ1n) is 9.43. The molecule has 0 spiro atoms. The fourth-order valence-corrected chi connectivity index (χ4v) is 8.86. The third-order valence-corrected chi connectivity index (χ3v) is 10.1. The van der Waals surface area contributed by atoms with E-state index in [1.165, 1.54) is 15.9 Å². The zero-order valence-electron chi connectivity index (χ0n) is 15.7. The molecule has 0 unspecified atom stereocenters. The molecule has 3 rings (SSSR count). The number of carboxylic acid groups (broad SMARTS) is 1. The third-order valence-electron chi connectivity index (χ3n) is 5.16. The lowest BCUT2D eigenvalue weighted by Crippen LogP contribution is -2.37. The van der Waals surface area contributed by atoms with E-state index in [0.29, 0.717) is 12.1 Å². The van der Waals surface area contributed by atoms with Crippen LogP contribution in [0.3, 0.4) is 0 Å². The van der Waals surface area contributed by atoms with Gasteiger partial charge in [0.05, 0.1) is 5.66 Å². The molecule has 0 amide bonds. The second-order valence-corrected chi connectivity index (χ2v) is 10.7. The molecule has 0 aliphatic rings. The van der Waals surface area contributed by atoms with Gasteiger partial charge in [0.2, 0.25) is 0 Å². The van der Waals surface area contributed by atoms with Crippen LogP contribution in [0.15, 0.2) is 91.0 Å². The Balaban J connectivity index is 2.18. The fraction of sp³-hybridized carbons (Fsp3) is 0.208. The van der Waals surface area contributed by atoms with E-state index in [9.17, 15) is 4.79 Å². The van der Waals surface area contributed by atoms with Crippen molar-refractivity contribution in [3.8, 4) is 0 Å². The molecule has 1 atom stereocenters. The predicted octanol–water partition coefficient (Wildman–Crippen LogP) is 4.62. The Hall–Kier alpha value is -2.44. The maximum atomic E-state index is 11.0. The smallest absolute Gasteiger partial charge is 0.303 e. The van der Waals surface area contributed by atoms with Crippen molar-refractivity contribution in [2.24, 2.45) is 0 Å². The number of benzene rings is 3. The highest BCUT2D eigenvalue weighted by Crippen LogP contribution is 2.60. The van der Waals surface area contributed by atoms with Gasteiger partial charge in [-0.05, 0) is 56.2 Å². The van der Waals surface area contributed by atoms with Crippen molar-refractivity contribution in [2.45, 2.75) is 31.8 Å². The van der Waals surface area contributed by atoms with Crippen LogP contribution in [0.1, 0.15) is 26.2 Å². The van der Waals surface area contributed by atoms with Crippen LogP contribution in [0.25, 0.3) is 0 Å². The lowest BCUT2D eigenvalue weighted by molar-refractivity contribution is -0.137. The Kier molecular flexibility index (Phi) is 6.42. The van der Waals surface area contributed by atoms with Crippen molar-refractivity contribution in [3.05, 3.63) is 91.0 Å². The topological polar surface area (TPSA) is 37.3 Å². The summed E-state index contributed by atoms with van der Waals surface area (Å²) in [6.07, 6.45) is 1.81. The molecule has 0 aliphatic heterocycles. The number of hydrogen-bond donors (Lipinski definition) is 1. The molecule has 0 saturated heterocycles. The fourth-order valence-electron chi connectivity index (χ4n) is 3.94. The molecule has 27 heavy (non-hydrogen) atoms. The van der Waals surface area contributed by atoms with Gasteiger partial charge >= 0.3 is 5.97 Å². The van der Waals surface area contributed by atoms with Crippen LogP contribution < -0.4 is 15.9 Å². The molecule has 1 N–H and O–H groups in total. The van der Waals surface area contributed by atoms with Crippen molar-refractivity contribution in [1.82, 2.24) is 0 Å². The molecule has 0 heterocycles. The Morgan fingerprint density at radius 1 is 0.778 bits per heavy atom. The van der Waals surface area contributed by atoms with Gasteiger partial charge in [-0.2, -0.15) is 0 Å². The van der Waals surface area contributed by atoms with Gasteiger partial charge in [-0.15, -0.1) is 0 Å². The van der Waals surface area contributed by atoms with Crippen LogP contribution in [-0.2, 0) is 4.79 Å². The first-order chi connectivity index (χ1) is 13.2. The number of carboxylic acids is 1. The standard InChI is InChI=1S/C24H25O2P/c1-20(12-11-19-24(25)26)27(21-13-5-2-6-14-21,22-15-7-3-8-16-22)23-17-9-4-10-18-23/h2-10,13-18,20H,11-12,19H2,1H3/p+1/t20-/m0/s1. The number of aliphatic carboxylic acids is 1. The largest absolute Gasteiger partial charge is 0.481 e. The number of rotatable bonds is 8. The van der Waals surface area contributed by atoms with E-state index in [2.05, 4.69) is 97.9 Å². The highest BCUT2D eigenvalue weighted by atomic mass is 31.2. The molecular formula is C24H26O2P+. The minimum Gasteiger partial charge on any atom is -0.481 e. The molecular weight excluding hydrogens is 351 g/mol. The summed E-state index contributed by atoms with van der Waals surface area (Å²) in [6.45, 7) is 2.29. The lowest BCUT2D eigenvalue weighted by atomic mass is 10.2. The van der Waals surface area contributed by atoms with Gasteiger partial charge in [-0.25, -0.2) is 0 Å². The average molecular weight is 377 g/mol. The Labute approximate surface area is 162 Å². The van der Waals surface area contributed by atoms with Gasteiger partial charge in [-0.3, -0.25) is 4.79 Å². The highest BCUT2D eigenvalue weighted by Gasteiger charge is 2.49. The molecule has 3 aromatic rings. The van der Waals surface area contributed by atoms with Gasteiger partial charge < -0.3 is 5.11 Å². The Morgan fingerprint density at radius 3 is 1.48 bits per heavy atom. The minimum atomic E-state index is -1.90. The van der Waals surface area contributed by atoms with Crippen molar-refractivity contribution in [1.29, 1.82) is 0 Å². The van der Waals surface area contributed by atoms with Crippen molar-refractivity contribution < 1.29 is 9.90 Å². The van der Waals surface area contributed by atoms with E-state index in [-0.39, 0.29) is 6.42 Å². The molecule has 0 fully saturated rings. The van der Waals surface area contributed by atoms with E-state index < -0.39 is 13.2 Å². The summed E-state index contributed by atoms with van der Waals surface area (Å²) in [7, 11) is -1.90. The van der Waals surface area contributed by atoms with Crippen LogP contribution in [0.5, 0.6) is 0 Å². The number of carbonyl (C=O) groups is 1. The lowest BCUT2D eigenvalue weighted by Gasteiger charge is -2.33. The molecule has 3 heteroatoms. The van der Waals surface area contributed by atoms with Crippen molar-refractivity contribution in [3.63, 3.8) is 0 Å². The molecule has 0 bridgehead atoms. The Morgan fingerprint density at radius 2 is 1.15 bits per heavy atom. The van der Waals surface area contributed by atoms with E-state index in [1.807, 2.05) is 0 Å². The summed E-state index contributed by atoms with van der Waals surface area (Å²) in [6, 6.07) is 32.3. The van der Waals surface area contributed by atoms with E-state index >= 15 is 0 Å². The van der Waals surface area contributed by atoms with Gasteiger partial charge in [0.1, 0.15) is 23.2 Å². The molecule has 0 aliphatic carbocycles. The second-order valence-electron chi connectivity index (χ2n) is 6.86. The van der Waals surface area contributed by atoms with Gasteiger partial charge in [0.15, 0.2) is 0 Å². The maximum absolute atomic E-state index is 11.0. The van der Waals surface area contributed by atoms with E-state index in [1.54, 1.807) is 0 Å². The molecule has 0 aromatic heterocycles. The predicted molar refractivity (Wildman–Crippen MR) is 116 cm³/mol. The zero-order valence-corrected chi connectivity index (χ0v) is 16.6. The van der Waals surface area contributed by atoms with Gasteiger partial charge in [-0.1, -0.05) is 54.6 Å². The average Bonchev–Trinajstić information content (AvgIpc) is 2.71. The quantitative estimate of drug-likeness (QED) is 0.582. The highest BCUT2D eigenvalue weighted by molar-refractivity contribution is 7.96. The maximum Gasteiger partial charge on any atom is 0.303 e. The van der Waals surface area contributed by atoms with E-state index in [0.717, 1.165) is 6.42 Å². The third kappa shape index (κ3) is 4.12. The summed E-state index contributed by atoms with van der Waals surface area (Å²) < 4.78 is 0. The van der Waals surface area contributed by atoms with Crippen LogP contribution in [-0.4, -0.2) is 16.7 Å². The summed E-state index contributed by atoms with van der Waals surface area (Å²) >= 11 is 0. The molecule has 0 saturated carbocycles. The first-order valence-corrected chi connectivity index (χ1v) is 11.3. The molecule has 3 aromatic carbocycles. The van der Waals surface area contributed by atoms with Gasteiger partial charge in [0.25, 0.3) is 0 Å². The van der Waals surface area contributed by atoms with E-state index in [4.69, 9.17) is 5.11 Å². The van der Waals surface area contributed by atoms with Gasteiger partial charge in [0, 0.05) is 6.42 Å². The molecule has 138 valence electrons. The van der Waals surface area contributed by atoms with Crippen LogP contribution in [0.2, 0.25) is 0 Å².